The number of rotatable bonds is 10. The monoisotopic (exact) mass is 297 g/mol. The lowest BCUT2D eigenvalue weighted by Gasteiger charge is -2.26. The van der Waals surface area contributed by atoms with Crippen molar-refractivity contribution in [3.63, 3.8) is 0 Å². The van der Waals surface area contributed by atoms with Crippen LogP contribution >= 0.6 is 0 Å². The number of Topliss-reactive ketones (excluding diaryl/α,β-unsaturated/α-hetero) is 1. The van der Waals surface area contributed by atoms with E-state index in [1.54, 1.807) is 12.1 Å². The van der Waals surface area contributed by atoms with Crippen LogP contribution in [0.25, 0.3) is 0 Å². The third-order valence-corrected chi connectivity index (χ3v) is 3.10. The molecule has 0 N–H and O–H groups in total. The van der Waals surface area contributed by atoms with Gasteiger partial charge in [-0.15, -0.1) is 0 Å². The number of hydrogen-bond acceptors (Lipinski definition) is 4. The molecule has 4 nitrogen and oxygen atoms in total. The van der Waals surface area contributed by atoms with Crippen molar-refractivity contribution in [2.24, 2.45) is 0 Å². The lowest BCUT2D eigenvalue weighted by atomic mass is 10.1. The molecule has 0 fully saturated rings. The maximum absolute atomic E-state index is 14.2. The smallest absolute Gasteiger partial charge is 0.161 e. The second-order valence-electron chi connectivity index (χ2n) is 4.57. The number of anilines is 1. The molecule has 0 saturated carbocycles. The van der Waals surface area contributed by atoms with E-state index < -0.39 is 5.82 Å². The second kappa shape index (κ2) is 9.47. The average molecular weight is 297 g/mol. The molecule has 0 spiro atoms. The van der Waals surface area contributed by atoms with Crippen molar-refractivity contribution in [3.05, 3.63) is 29.6 Å². The number of hydrogen-bond donors (Lipinski definition) is 0. The predicted octanol–water partition coefficient (Wildman–Crippen LogP) is 2.91. The van der Waals surface area contributed by atoms with Crippen LogP contribution < -0.4 is 4.90 Å². The van der Waals surface area contributed by atoms with Gasteiger partial charge in [0.2, 0.25) is 0 Å². The molecule has 0 aliphatic carbocycles. The third kappa shape index (κ3) is 5.44. The zero-order valence-electron chi connectivity index (χ0n) is 13.0. The molecule has 5 heteroatoms. The molecule has 1 aromatic carbocycles. The Morgan fingerprint density at radius 2 is 1.71 bits per heavy atom. The second-order valence-corrected chi connectivity index (χ2v) is 4.57. The first-order chi connectivity index (χ1) is 10.1. The van der Waals surface area contributed by atoms with Gasteiger partial charge < -0.3 is 14.4 Å². The maximum Gasteiger partial charge on any atom is 0.161 e. The van der Waals surface area contributed by atoms with Gasteiger partial charge in [0.1, 0.15) is 5.82 Å². The molecule has 0 aliphatic heterocycles. The molecule has 0 aromatic heterocycles. The van der Waals surface area contributed by atoms with Crippen LogP contribution in [0, 0.1) is 5.82 Å². The molecule has 1 rings (SSSR count). The highest BCUT2D eigenvalue weighted by atomic mass is 19.1. The Bertz CT molecular complexity index is 441. The van der Waals surface area contributed by atoms with Gasteiger partial charge in [0.15, 0.2) is 5.78 Å². The summed E-state index contributed by atoms with van der Waals surface area (Å²) in [7, 11) is 0. The van der Waals surface area contributed by atoms with E-state index >= 15 is 0 Å². The first-order valence-corrected chi connectivity index (χ1v) is 7.31. The van der Waals surface area contributed by atoms with E-state index in [0.29, 0.717) is 50.8 Å². The quantitative estimate of drug-likeness (QED) is 0.492. The summed E-state index contributed by atoms with van der Waals surface area (Å²) in [5.74, 6) is -0.544. The Labute approximate surface area is 125 Å². The highest BCUT2D eigenvalue weighted by Gasteiger charge is 2.18. The zero-order valence-corrected chi connectivity index (χ0v) is 13.0. The number of carbonyl (C=O) groups excluding carboxylic acids is 1. The van der Waals surface area contributed by atoms with Crippen LogP contribution in [0.4, 0.5) is 10.1 Å². The number of carbonyl (C=O) groups is 1. The molecule has 0 unspecified atom stereocenters. The minimum Gasteiger partial charge on any atom is -0.380 e. The fraction of sp³-hybridized carbons (Fsp3) is 0.562. The third-order valence-electron chi connectivity index (χ3n) is 3.10. The Morgan fingerprint density at radius 3 is 2.19 bits per heavy atom. The van der Waals surface area contributed by atoms with Crippen molar-refractivity contribution in [2.75, 3.05) is 44.4 Å². The Kier molecular flexibility index (Phi) is 7.93. The van der Waals surface area contributed by atoms with Gasteiger partial charge in [-0.2, -0.15) is 0 Å². The van der Waals surface area contributed by atoms with E-state index in [9.17, 15) is 9.18 Å². The van der Waals surface area contributed by atoms with Crippen molar-refractivity contribution >= 4 is 11.5 Å². The summed E-state index contributed by atoms with van der Waals surface area (Å²) >= 11 is 0. The predicted molar refractivity (Wildman–Crippen MR) is 81.6 cm³/mol. The van der Waals surface area contributed by atoms with Crippen molar-refractivity contribution in [3.8, 4) is 0 Å². The molecule has 0 aliphatic rings. The highest BCUT2D eigenvalue weighted by molar-refractivity contribution is 5.99. The lowest BCUT2D eigenvalue weighted by molar-refractivity contribution is 0.101. The molecule has 1 aromatic rings. The Balaban J connectivity index is 2.97. The van der Waals surface area contributed by atoms with E-state index in [4.69, 9.17) is 9.47 Å². The molecular formula is C16H24FNO3. The summed E-state index contributed by atoms with van der Waals surface area (Å²) < 4.78 is 24.9. The molecule has 0 heterocycles. The maximum atomic E-state index is 14.2. The van der Waals surface area contributed by atoms with Crippen LogP contribution in [0.5, 0.6) is 0 Å². The topological polar surface area (TPSA) is 38.8 Å². The van der Waals surface area contributed by atoms with E-state index in [2.05, 4.69) is 0 Å². The summed E-state index contributed by atoms with van der Waals surface area (Å²) in [6.07, 6.45) is 0. The Morgan fingerprint density at radius 1 is 1.14 bits per heavy atom. The SMILES string of the molecule is CCOCCN(CCOCC)c1c(F)cccc1C(C)=O. The van der Waals surface area contributed by atoms with Crippen molar-refractivity contribution in [1.29, 1.82) is 0 Å². The van der Waals surface area contributed by atoms with Gasteiger partial charge in [0, 0.05) is 31.9 Å². The van der Waals surface area contributed by atoms with E-state index in [1.807, 2.05) is 18.7 Å². The van der Waals surface area contributed by atoms with Gasteiger partial charge >= 0.3 is 0 Å². The van der Waals surface area contributed by atoms with Gasteiger partial charge in [-0.3, -0.25) is 4.79 Å². The van der Waals surface area contributed by atoms with Crippen LogP contribution in [0.1, 0.15) is 31.1 Å². The number of halogens is 1. The summed E-state index contributed by atoms with van der Waals surface area (Å²) in [4.78, 5) is 13.5. The van der Waals surface area contributed by atoms with Gasteiger partial charge in [-0.05, 0) is 32.9 Å². The fourth-order valence-corrected chi connectivity index (χ4v) is 2.09. The van der Waals surface area contributed by atoms with E-state index in [-0.39, 0.29) is 5.78 Å². The molecule has 0 radical (unpaired) electrons. The molecule has 0 atom stereocenters. The summed E-state index contributed by atoms with van der Waals surface area (Å²) in [6.45, 7) is 8.48. The lowest BCUT2D eigenvalue weighted by Crippen LogP contribution is -2.33. The standard InChI is InChI=1S/C16H24FNO3/c1-4-20-11-9-18(10-12-21-5-2)16-14(13(3)19)7-6-8-15(16)17/h6-8H,4-5,9-12H2,1-3H3. The number of ketones is 1. The van der Waals surface area contributed by atoms with Crippen LogP contribution in [-0.2, 0) is 9.47 Å². The summed E-state index contributed by atoms with van der Waals surface area (Å²) in [5.41, 5.74) is 0.729. The fourth-order valence-electron chi connectivity index (χ4n) is 2.09. The normalized spacial score (nSPS) is 10.7. The number of nitrogens with zero attached hydrogens (tertiary/aromatic N) is 1. The van der Waals surface area contributed by atoms with Gasteiger partial charge in [0.05, 0.1) is 18.9 Å². The summed E-state index contributed by atoms with van der Waals surface area (Å²) in [6, 6.07) is 4.57. The first kappa shape index (κ1) is 17.6. The number of ether oxygens (including phenoxy) is 2. The molecule has 0 bridgehead atoms. The van der Waals surface area contributed by atoms with E-state index in [1.165, 1.54) is 13.0 Å². The van der Waals surface area contributed by atoms with Crippen LogP contribution in [0.2, 0.25) is 0 Å². The largest absolute Gasteiger partial charge is 0.380 e. The average Bonchev–Trinajstić information content (AvgIpc) is 2.46. The molecule has 21 heavy (non-hydrogen) atoms. The molecule has 0 saturated heterocycles. The van der Waals surface area contributed by atoms with E-state index in [0.717, 1.165) is 0 Å². The Hall–Kier alpha value is -1.46. The van der Waals surface area contributed by atoms with Crippen molar-refractivity contribution in [2.45, 2.75) is 20.8 Å². The highest BCUT2D eigenvalue weighted by Crippen LogP contribution is 2.25. The molecular weight excluding hydrogens is 273 g/mol. The summed E-state index contributed by atoms with van der Waals surface area (Å²) in [5, 5.41) is 0. The molecule has 0 amide bonds. The first-order valence-electron chi connectivity index (χ1n) is 7.31. The van der Waals surface area contributed by atoms with Gasteiger partial charge in [-0.1, -0.05) is 6.07 Å². The zero-order chi connectivity index (χ0) is 15.7. The van der Waals surface area contributed by atoms with Crippen LogP contribution in [0.3, 0.4) is 0 Å². The minimum absolute atomic E-state index is 0.151. The van der Waals surface area contributed by atoms with Crippen LogP contribution in [0.15, 0.2) is 18.2 Å². The number of para-hydroxylation sites is 1. The molecule has 118 valence electrons. The van der Waals surface area contributed by atoms with Gasteiger partial charge in [0.25, 0.3) is 0 Å². The number of benzene rings is 1. The van der Waals surface area contributed by atoms with Gasteiger partial charge in [-0.25, -0.2) is 4.39 Å². The van der Waals surface area contributed by atoms with Crippen molar-refractivity contribution < 1.29 is 18.7 Å². The van der Waals surface area contributed by atoms with Crippen molar-refractivity contribution in [1.82, 2.24) is 0 Å². The minimum atomic E-state index is -0.393. The van der Waals surface area contributed by atoms with Crippen LogP contribution in [-0.4, -0.2) is 45.3 Å².